The van der Waals surface area contributed by atoms with Crippen LogP contribution in [0.25, 0.3) is 0 Å². The average Bonchev–Trinajstić information content (AvgIpc) is 2.77. The second-order valence-corrected chi connectivity index (χ2v) is 8.74. The molecule has 1 fully saturated rings. The number of rotatable bonds is 4. The van der Waals surface area contributed by atoms with Crippen LogP contribution in [0.4, 0.5) is 0 Å². The van der Waals surface area contributed by atoms with E-state index < -0.39 is 7.37 Å². The largest absolute Gasteiger partial charge is 0.344 e. The molecule has 1 heterocycles. The van der Waals surface area contributed by atoms with Gasteiger partial charge >= 0.3 is 0 Å². The molecule has 1 aliphatic rings. The van der Waals surface area contributed by atoms with Gasteiger partial charge in [0, 0.05) is 11.3 Å². The number of hydrogen-bond donors (Lipinski definition) is 1. The van der Waals surface area contributed by atoms with Gasteiger partial charge in [-0.25, -0.2) is 0 Å². The Balaban J connectivity index is 1.71. The lowest BCUT2D eigenvalue weighted by Gasteiger charge is -2.20. The zero-order valence-corrected chi connectivity index (χ0v) is 13.0. The Morgan fingerprint density at radius 3 is 1.57 bits per heavy atom. The van der Waals surface area contributed by atoms with Gasteiger partial charge in [0.2, 0.25) is 7.37 Å². The van der Waals surface area contributed by atoms with E-state index >= 15 is 0 Å². The van der Waals surface area contributed by atoms with Crippen molar-refractivity contribution < 1.29 is 9.46 Å². The quantitative estimate of drug-likeness (QED) is 0.856. The molecule has 3 rings (SSSR count). The van der Waals surface area contributed by atoms with Crippen LogP contribution < -0.4 is 0 Å². The summed E-state index contributed by atoms with van der Waals surface area (Å²) in [6.45, 7) is 0. The van der Waals surface area contributed by atoms with E-state index in [0.717, 1.165) is 36.8 Å². The zero-order valence-electron chi connectivity index (χ0n) is 12.1. The van der Waals surface area contributed by atoms with Crippen molar-refractivity contribution in [1.29, 1.82) is 0 Å². The van der Waals surface area contributed by atoms with E-state index in [-0.39, 0.29) is 11.3 Å². The topological polar surface area (TPSA) is 37.3 Å². The normalized spacial score (nSPS) is 24.0. The predicted molar refractivity (Wildman–Crippen MR) is 86.9 cm³/mol. The van der Waals surface area contributed by atoms with Crippen molar-refractivity contribution in [2.45, 2.75) is 37.0 Å². The van der Waals surface area contributed by atoms with E-state index in [2.05, 4.69) is 0 Å². The third-order valence-corrected chi connectivity index (χ3v) is 7.48. The smallest absolute Gasteiger partial charge is 0.207 e. The van der Waals surface area contributed by atoms with Gasteiger partial charge in [-0.2, -0.15) is 0 Å². The molecule has 2 nitrogen and oxygen atoms in total. The highest BCUT2D eigenvalue weighted by Crippen LogP contribution is 2.61. The van der Waals surface area contributed by atoms with Crippen LogP contribution in [0.5, 0.6) is 0 Å². The molecule has 3 heteroatoms. The highest BCUT2D eigenvalue weighted by Gasteiger charge is 2.44. The number of benzene rings is 2. The fourth-order valence-corrected chi connectivity index (χ4v) is 5.87. The van der Waals surface area contributed by atoms with Crippen molar-refractivity contribution in [2.24, 2.45) is 0 Å². The minimum atomic E-state index is -3.09. The standard InChI is InChI=1S/C18H21O2P/c19-21(20)17(13-15-7-3-1-4-8-15)11-12-18(21)14-16-9-5-2-6-10-16/h1-10,17-18H,11-14H2,(H,19,20)/t17-,18-/m0/s1. The fourth-order valence-electron chi connectivity index (χ4n) is 3.29. The summed E-state index contributed by atoms with van der Waals surface area (Å²) in [6, 6.07) is 20.1. The molecule has 0 aromatic heterocycles. The van der Waals surface area contributed by atoms with Crippen LogP contribution in [0.2, 0.25) is 0 Å². The van der Waals surface area contributed by atoms with Crippen LogP contribution in [0.15, 0.2) is 60.7 Å². The third-order valence-electron chi connectivity index (χ3n) is 4.51. The van der Waals surface area contributed by atoms with Crippen LogP contribution >= 0.6 is 7.37 Å². The zero-order chi connectivity index (χ0) is 14.7. The van der Waals surface area contributed by atoms with Gasteiger partial charge in [0.1, 0.15) is 0 Å². The van der Waals surface area contributed by atoms with Crippen molar-refractivity contribution in [3.63, 3.8) is 0 Å². The molecule has 0 spiro atoms. The second-order valence-electron chi connectivity index (χ2n) is 5.94. The van der Waals surface area contributed by atoms with E-state index in [4.69, 9.17) is 0 Å². The molecule has 0 saturated carbocycles. The molecule has 0 aliphatic carbocycles. The van der Waals surface area contributed by atoms with Gasteiger partial charge in [-0.1, -0.05) is 60.7 Å². The Kier molecular flexibility index (Phi) is 4.28. The molecule has 2 aromatic carbocycles. The first-order valence-corrected chi connectivity index (χ1v) is 9.36. The molecule has 0 bridgehead atoms. The van der Waals surface area contributed by atoms with E-state index in [9.17, 15) is 9.46 Å². The van der Waals surface area contributed by atoms with E-state index in [0.29, 0.717) is 0 Å². The summed E-state index contributed by atoms with van der Waals surface area (Å²) in [7, 11) is -3.09. The lowest BCUT2D eigenvalue weighted by molar-refractivity contribution is 0.461. The minimum Gasteiger partial charge on any atom is -0.344 e. The summed E-state index contributed by atoms with van der Waals surface area (Å²) in [6.07, 6.45) is 3.17. The van der Waals surface area contributed by atoms with Crippen molar-refractivity contribution >= 4 is 7.37 Å². The fraction of sp³-hybridized carbons (Fsp3) is 0.333. The SMILES string of the molecule is O=P1(O)[C@H](Cc2ccccc2)CC[C@H]1Cc1ccccc1. The predicted octanol–water partition coefficient (Wildman–Crippen LogP) is 4.27. The van der Waals surface area contributed by atoms with E-state index in [1.54, 1.807) is 0 Å². The third kappa shape index (κ3) is 3.28. The van der Waals surface area contributed by atoms with Gasteiger partial charge in [0.25, 0.3) is 0 Å². The van der Waals surface area contributed by atoms with Crippen LogP contribution in [-0.4, -0.2) is 16.2 Å². The number of hydrogen-bond acceptors (Lipinski definition) is 1. The van der Waals surface area contributed by atoms with Gasteiger partial charge in [0.15, 0.2) is 0 Å². The van der Waals surface area contributed by atoms with Crippen molar-refractivity contribution in [3.8, 4) is 0 Å². The van der Waals surface area contributed by atoms with Crippen molar-refractivity contribution in [1.82, 2.24) is 0 Å². The molecule has 0 amide bonds. The second kappa shape index (κ2) is 6.17. The molecule has 1 aliphatic heterocycles. The Morgan fingerprint density at radius 2 is 1.19 bits per heavy atom. The van der Waals surface area contributed by atoms with Crippen molar-refractivity contribution in [3.05, 3.63) is 71.8 Å². The van der Waals surface area contributed by atoms with Crippen LogP contribution in [0, 0.1) is 0 Å². The van der Waals surface area contributed by atoms with Gasteiger partial charge in [0.05, 0.1) is 0 Å². The summed E-state index contributed by atoms with van der Waals surface area (Å²) < 4.78 is 12.8. The summed E-state index contributed by atoms with van der Waals surface area (Å²) >= 11 is 0. The Labute approximate surface area is 126 Å². The lowest BCUT2D eigenvalue weighted by atomic mass is 10.0. The molecule has 110 valence electrons. The van der Waals surface area contributed by atoms with Gasteiger partial charge in [-0.3, -0.25) is 4.57 Å². The summed E-state index contributed by atoms with van der Waals surface area (Å²) in [5.41, 5.74) is 2.18. The first-order valence-electron chi connectivity index (χ1n) is 7.56. The van der Waals surface area contributed by atoms with E-state index in [1.807, 2.05) is 60.7 Å². The van der Waals surface area contributed by atoms with Gasteiger partial charge in [-0.05, 0) is 36.8 Å². The maximum absolute atomic E-state index is 12.8. The molecule has 1 saturated heterocycles. The van der Waals surface area contributed by atoms with Gasteiger partial charge < -0.3 is 4.89 Å². The highest BCUT2D eigenvalue weighted by atomic mass is 31.2. The first-order chi connectivity index (χ1) is 10.2. The van der Waals surface area contributed by atoms with Crippen LogP contribution in [0.1, 0.15) is 24.0 Å². The molecule has 21 heavy (non-hydrogen) atoms. The summed E-state index contributed by atoms with van der Waals surface area (Å²) in [4.78, 5) is 10.6. The Bertz CT molecular complexity index is 571. The molecular formula is C18H21O2P. The van der Waals surface area contributed by atoms with Crippen molar-refractivity contribution in [2.75, 3.05) is 0 Å². The first kappa shape index (κ1) is 14.6. The summed E-state index contributed by atoms with van der Waals surface area (Å²) in [5.74, 6) is 0. The molecular weight excluding hydrogens is 279 g/mol. The highest BCUT2D eigenvalue weighted by molar-refractivity contribution is 7.59. The lowest BCUT2D eigenvalue weighted by Crippen LogP contribution is -2.12. The molecule has 2 atom stereocenters. The average molecular weight is 300 g/mol. The Morgan fingerprint density at radius 1 is 0.810 bits per heavy atom. The summed E-state index contributed by atoms with van der Waals surface area (Å²) in [5, 5.41) is 0. The molecule has 2 aromatic rings. The van der Waals surface area contributed by atoms with Crippen LogP contribution in [-0.2, 0) is 17.4 Å². The maximum atomic E-state index is 12.8. The Hall–Kier alpha value is -1.37. The van der Waals surface area contributed by atoms with Gasteiger partial charge in [-0.15, -0.1) is 0 Å². The maximum Gasteiger partial charge on any atom is 0.207 e. The minimum absolute atomic E-state index is 0.0754. The van der Waals surface area contributed by atoms with E-state index in [1.165, 1.54) is 0 Å². The molecule has 0 unspecified atom stereocenters. The van der Waals surface area contributed by atoms with Crippen LogP contribution in [0.3, 0.4) is 0 Å². The molecule has 0 radical (unpaired) electrons. The molecule has 1 N–H and O–H groups in total. The monoisotopic (exact) mass is 300 g/mol.